The number of urea groups is 1. The first-order valence-corrected chi connectivity index (χ1v) is 7.00. The Labute approximate surface area is 121 Å². The molecule has 2 aliphatic rings. The molecule has 0 spiro atoms. The van der Waals surface area contributed by atoms with E-state index in [1.807, 2.05) is 0 Å². The molecule has 0 saturated carbocycles. The first kappa shape index (κ1) is 13.6. The normalized spacial score (nSPS) is 22.6. The van der Waals surface area contributed by atoms with E-state index in [0.29, 0.717) is 13.1 Å². The van der Waals surface area contributed by atoms with Crippen molar-refractivity contribution < 1.29 is 14.4 Å². The summed E-state index contributed by atoms with van der Waals surface area (Å²) in [5.74, 6) is 0.507. The zero-order valence-corrected chi connectivity index (χ0v) is 11.5. The molecule has 8 nitrogen and oxygen atoms in total. The van der Waals surface area contributed by atoms with Crippen molar-refractivity contribution in [3.63, 3.8) is 0 Å². The van der Waals surface area contributed by atoms with Crippen LogP contribution in [0.25, 0.3) is 0 Å². The predicted molar refractivity (Wildman–Crippen MR) is 72.3 cm³/mol. The molecule has 0 aliphatic carbocycles. The summed E-state index contributed by atoms with van der Waals surface area (Å²) in [5.41, 5.74) is 0. The van der Waals surface area contributed by atoms with E-state index in [1.165, 1.54) is 0 Å². The Kier molecular flexibility index (Phi) is 3.59. The zero-order chi connectivity index (χ0) is 14.8. The van der Waals surface area contributed by atoms with E-state index in [0.717, 1.165) is 23.6 Å². The van der Waals surface area contributed by atoms with Crippen LogP contribution in [0.5, 0.6) is 0 Å². The van der Waals surface area contributed by atoms with Gasteiger partial charge < -0.3 is 15.2 Å². The Morgan fingerprint density at radius 2 is 2.29 bits per heavy atom. The molecule has 1 atom stereocenters. The Hall–Kier alpha value is -2.38. The number of aromatic nitrogens is 2. The summed E-state index contributed by atoms with van der Waals surface area (Å²) in [4.78, 5) is 45.2. The molecule has 0 aromatic carbocycles. The standard InChI is InChI=1S/C13H17N5O3/c19-10-6-16-13(21)18(10)8-11(20)17-5-1-2-9(7-17)12-14-3-4-15-12/h3-4,9H,1-2,5-8H2,(H,14,15)(H,16,21)/t9-/m0/s1. The maximum absolute atomic E-state index is 12.3. The molecule has 21 heavy (non-hydrogen) atoms. The summed E-state index contributed by atoms with van der Waals surface area (Å²) in [5, 5.41) is 2.41. The highest BCUT2D eigenvalue weighted by Gasteiger charge is 2.33. The first-order chi connectivity index (χ1) is 10.1. The Balaban J connectivity index is 1.62. The number of imidazole rings is 1. The van der Waals surface area contributed by atoms with Crippen molar-refractivity contribution in [2.75, 3.05) is 26.2 Å². The van der Waals surface area contributed by atoms with Gasteiger partial charge in [0.2, 0.25) is 5.91 Å². The fraction of sp³-hybridized carbons (Fsp3) is 0.538. The number of imide groups is 1. The maximum Gasteiger partial charge on any atom is 0.325 e. The molecule has 8 heteroatoms. The lowest BCUT2D eigenvalue weighted by atomic mass is 9.97. The van der Waals surface area contributed by atoms with Crippen LogP contribution in [0.3, 0.4) is 0 Å². The Morgan fingerprint density at radius 1 is 1.43 bits per heavy atom. The first-order valence-electron chi connectivity index (χ1n) is 7.00. The molecule has 112 valence electrons. The van der Waals surface area contributed by atoms with E-state index in [1.54, 1.807) is 17.3 Å². The minimum Gasteiger partial charge on any atom is -0.348 e. The topological polar surface area (TPSA) is 98.4 Å². The lowest BCUT2D eigenvalue weighted by molar-refractivity contribution is -0.137. The second-order valence-electron chi connectivity index (χ2n) is 5.29. The predicted octanol–water partition coefficient (Wildman–Crippen LogP) is -0.332. The van der Waals surface area contributed by atoms with Crippen LogP contribution < -0.4 is 5.32 Å². The average Bonchev–Trinajstić information content (AvgIpc) is 3.13. The van der Waals surface area contributed by atoms with E-state index < -0.39 is 6.03 Å². The fourth-order valence-corrected chi connectivity index (χ4v) is 2.78. The average molecular weight is 291 g/mol. The van der Waals surface area contributed by atoms with Crippen molar-refractivity contribution >= 4 is 17.8 Å². The Morgan fingerprint density at radius 3 is 2.95 bits per heavy atom. The van der Waals surface area contributed by atoms with Gasteiger partial charge >= 0.3 is 6.03 Å². The smallest absolute Gasteiger partial charge is 0.325 e. The van der Waals surface area contributed by atoms with Gasteiger partial charge in [0, 0.05) is 31.4 Å². The van der Waals surface area contributed by atoms with Gasteiger partial charge in [-0.3, -0.25) is 14.5 Å². The number of hydrogen-bond acceptors (Lipinski definition) is 4. The lowest BCUT2D eigenvalue weighted by Gasteiger charge is -2.32. The number of rotatable bonds is 3. The molecule has 3 heterocycles. The third-order valence-corrected chi connectivity index (χ3v) is 3.91. The highest BCUT2D eigenvalue weighted by Crippen LogP contribution is 2.24. The van der Waals surface area contributed by atoms with Crippen LogP contribution in [0, 0.1) is 0 Å². The van der Waals surface area contributed by atoms with Gasteiger partial charge in [0.25, 0.3) is 5.91 Å². The molecule has 1 aromatic heterocycles. The second-order valence-corrected chi connectivity index (χ2v) is 5.29. The summed E-state index contributed by atoms with van der Waals surface area (Å²) in [7, 11) is 0. The van der Waals surface area contributed by atoms with Gasteiger partial charge in [0.15, 0.2) is 0 Å². The van der Waals surface area contributed by atoms with E-state index >= 15 is 0 Å². The molecule has 1 aromatic rings. The molecule has 3 rings (SSSR count). The van der Waals surface area contributed by atoms with Gasteiger partial charge in [0.05, 0.1) is 6.54 Å². The van der Waals surface area contributed by atoms with Crippen LogP contribution in [-0.4, -0.2) is 63.8 Å². The summed E-state index contributed by atoms with van der Waals surface area (Å²) < 4.78 is 0. The van der Waals surface area contributed by atoms with Crippen molar-refractivity contribution in [3.05, 3.63) is 18.2 Å². The number of carbonyl (C=O) groups excluding carboxylic acids is 3. The molecule has 2 saturated heterocycles. The van der Waals surface area contributed by atoms with Gasteiger partial charge in [-0.25, -0.2) is 9.78 Å². The van der Waals surface area contributed by atoms with Crippen LogP contribution in [-0.2, 0) is 9.59 Å². The second kappa shape index (κ2) is 5.55. The third kappa shape index (κ3) is 2.74. The van der Waals surface area contributed by atoms with Gasteiger partial charge in [-0.15, -0.1) is 0 Å². The molecule has 4 amide bonds. The quantitative estimate of drug-likeness (QED) is 0.745. The van der Waals surface area contributed by atoms with Gasteiger partial charge in [0.1, 0.15) is 12.4 Å². The van der Waals surface area contributed by atoms with E-state index in [9.17, 15) is 14.4 Å². The number of piperidine rings is 1. The van der Waals surface area contributed by atoms with E-state index in [4.69, 9.17) is 0 Å². The number of amides is 4. The number of nitrogens with one attached hydrogen (secondary N) is 2. The molecule has 0 radical (unpaired) electrons. The monoisotopic (exact) mass is 291 g/mol. The van der Waals surface area contributed by atoms with Crippen molar-refractivity contribution in [2.45, 2.75) is 18.8 Å². The number of hydrogen-bond donors (Lipinski definition) is 2. The van der Waals surface area contributed by atoms with Crippen molar-refractivity contribution in [2.24, 2.45) is 0 Å². The lowest BCUT2D eigenvalue weighted by Crippen LogP contribution is -2.46. The highest BCUT2D eigenvalue weighted by molar-refractivity contribution is 6.04. The molecule has 0 bridgehead atoms. The van der Waals surface area contributed by atoms with Crippen molar-refractivity contribution in [3.8, 4) is 0 Å². The van der Waals surface area contributed by atoms with E-state index in [-0.39, 0.29) is 30.8 Å². The fourth-order valence-electron chi connectivity index (χ4n) is 2.78. The number of nitrogens with zero attached hydrogens (tertiary/aromatic N) is 3. The minimum absolute atomic E-state index is 0.0267. The van der Waals surface area contributed by atoms with Crippen molar-refractivity contribution in [1.82, 2.24) is 25.1 Å². The van der Waals surface area contributed by atoms with Gasteiger partial charge in [-0.1, -0.05) is 0 Å². The molecule has 2 fully saturated rings. The summed E-state index contributed by atoms with van der Waals surface area (Å²) in [6, 6.07) is -0.493. The highest BCUT2D eigenvalue weighted by atomic mass is 16.2. The number of likely N-dealkylation sites (tertiary alicyclic amines) is 1. The van der Waals surface area contributed by atoms with Crippen LogP contribution in [0.4, 0.5) is 4.79 Å². The van der Waals surface area contributed by atoms with Gasteiger partial charge in [-0.05, 0) is 12.8 Å². The van der Waals surface area contributed by atoms with Gasteiger partial charge in [-0.2, -0.15) is 0 Å². The molecule has 2 aliphatic heterocycles. The third-order valence-electron chi connectivity index (χ3n) is 3.91. The molecular formula is C13H17N5O3. The number of carbonyl (C=O) groups is 3. The zero-order valence-electron chi connectivity index (χ0n) is 11.5. The molecule has 0 unspecified atom stereocenters. The molecule has 2 N–H and O–H groups in total. The van der Waals surface area contributed by atoms with Crippen LogP contribution in [0.15, 0.2) is 12.4 Å². The van der Waals surface area contributed by atoms with Crippen LogP contribution >= 0.6 is 0 Å². The number of H-pyrrole nitrogens is 1. The van der Waals surface area contributed by atoms with E-state index in [2.05, 4.69) is 15.3 Å². The van der Waals surface area contributed by atoms with Crippen LogP contribution in [0.1, 0.15) is 24.6 Å². The summed E-state index contributed by atoms with van der Waals surface area (Å²) in [6.07, 6.45) is 5.32. The summed E-state index contributed by atoms with van der Waals surface area (Å²) >= 11 is 0. The van der Waals surface area contributed by atoms with Crippen molar-refractivity contribution in [1.29, 1.82) is 0 Å². The van der Waals surface area contributed by atoms with Crippen LogP contribution in [0.2, 0.25) is 0 Å². The number of aromatic amines is 1. The molecular weight excluding hydrogens is 274 g/mol. The summed E-state index contributed by atoms with van der Waals surface area (Å²) in [6.45, 7) is 1.01. The minimum atomic E-state index is -0.493. The SMILES string of the molecule is O=C(CN1C(=O)CNC1=O)N1CCC[C@H](c2ncc[nH]2)C1. The largest absolute Gasteiger partial charge is 0.348 e. The Bertz CT molecular complexity index is 540. The maximum atomic E-state index is 12.3.